The summed E-state index contributed by atoms with van der Waals surface area (Å²) in [5, 5.41) is 10.3. The topological polar surface area (TPSA) is 82.6 Å². The van der Waals surface area contributed by atoms with Gasteiger partial charge in [0.25, 0.3) is 0 Å². The van der Waals surface area contributed by atoms with Gasteiger partial charge in [0.05, 0.1) is 12.7 Å². The number of hydrogen-bond acceptors (Lipinski definition) is 5. The predicted molar refractivity (Wildman–Crippen MR) is 51.0 cm³/mol. The molecule has 0 saturated carbocycles. The minimum absolute atomic E-state index is 0.231. The first-order valence-corrected chi connectivity index (χ1v) is 4.22. The molecule has 1 rings (SSSR count). The SMILES string of the molecule is CCOC(=O)/C=C\c1ccc([N+](=O)[O-])o1. The summed E-state index contributed by atoms with van der Waals surface area (Å²) in [4.78, 5) is 20.5. The lowest BCUT2D eigenvalue weighted by molar-refractivity contribution is -0.402. The Labute approximate surface area is 85.3 Å². The molecular formula is C9H9NO5. The molecule has 0 aliphatic rings. The van der Waals surface area contributed by atoms with Crippen molar-refractivity contribution in [2.24, 2.45) is 0 Å². The van der Waals surface area contributed by atoms with E-state index in [1.807, 2.05) is 0 Å². The fraction of sp³-hybridized carbons (Fsp3) is 0.222. The van der Waals surface area contributed by atoms with E-state index in [0.29, 0.717) is 0 Å². The van der Waals surface area contributed by atoms with E-state index in [4.69, 9.17) is 4.42 Å². The molecule has 1 aromatic heterocycles. The van der Waals surface area contributed by atoms with Crippen LogP contribution in [0, 0.1) is 10.1 Å². The van der Waals surface area contributed by atoms with Gasteiger partial charge in [-0.15, -0.1) is 0 Å². The number of rotatable bonds is 4. The maximum absolute atomic E-state index is 10.9. The lowest BCUT2D eigenvalue weighted by Gasteiger charge is -1.92. The molecular weight excluding hydrogens is 202 g/mol. The first-order chi connectivity index (χ1) is 7.13. The van der Waals surface area contributed by atoms with Crippen molar-refractivity contribution in [3.63, 3.8) is 0 Å². The summed E-state index contributed by atoms with van der Waals surface area (Å²) in [7, 11) is 0. The van der Waals surface area contributed by atoms with Gasteiger partial charge < -0.3 is 9.15 Å². The molecule has 0 bridgehead atoms. The van der Waals surface area contributed by atoms with Crippen LogP contribution >= 0.6 is 0 Å². The smallest absolute Gasteiger partial charge is 0.433 e. The molecule has 1 aromatic rings. The number of esters is 1. The second-order valence-electron chi connectivity index (χ2n) is 2.52. The molecule has 0 atom stereocenters. The second-order valence-corrected chi connectivity index (χ2v) is 2.52. The van der Waals surface area contributed by atoms with Crippen molar-refractivity contribution < 1.29 is 18.9 Å². The normalized spacial score (nSPS) is 10.5. The molecule has 0 radical (unpaired) electrons. The predicted octanol–water partition coefficient (Wildman–Crippen LogP) is 1.76. The van der Waals surface area contributed by atoms with E-state index >= 15 is 0 Å². The van der Waals surface area contributed by atoms with Crippen LogP contribution in [0.25, 0.3) is 6.08 Å². The number of carbonyl (C=O) groups excluding carboxylic acids is 1. The summed E-state index contributed by atoms with van der Waals surface area (Å²) in [6.45, 7) is 1.96. The third-order valence-electron chi connectivity index (χ3n) is 1.46. The third-order valence-corrected chi connectivity index (χ3v) is 1.46. The van der Waals surface area contributed by atoms with Crippen LogP contribution in [-0.2, 0) is 9.53 Å². The molecule has 0 fully saturated rings. The molecule has 0 aromatic carbocycles. The van der Waals surface area contributed by atoms with E-state index in [-0.39, 0.29) is 18.3 Å². The zero-order valence-corrected chi connectivity index (χ0v) is 8.00. The molecule has 80 valence electrons. The zero-order valence-electron chi connectivity index (χ0n) is 8.00. The number of carbonyl (C=O) groups is 1. The first kappa shape index (κ1) is 11.0. The van der Waals surface area contributed by atoms with Crippen LogP contribution in [0.3, 0.4) is 0 Å². The van der Waals surface area contributed by atoms with Gasteiger partial charge in [-0.2, -0.15) is 0 Å². The van der Waals surface area contributed by atoms with Gasteiger partial charge in [0.15, 0.2) is 0 Å². The molecule has 0 aliphatic carbocycles. The maximum Gasteiger partial charge on any atom is 0.433 e. The van der Waals surface area contributed by atoms with Gasteiger partial charge in [-0.1, -0.05) is 0 Å². The van der Waals surface area contributed by atoms with Crippen molar-refractivity contribution in [3.05, 3.63) is 34.1 Å². The van der Waals surface area contributed by atoms with E-state index in [9.17, 15) is 14.9 Å². The summed E-state index contributed by atoms with van der Waals surface area (Å²) in [5.74, 6) is -0.648. The quantitative estimate of drug-likeness (QED) is 0.328. The Morgan fingerprint density at radius 2 is 2.40 bits per heavy atom. The Kier molecular flexibility index (Phi) is 3.61. The molecule has 0 spiro atoms. The van der Waals surface area contributed by atoms with Crippen LogP contribution in [0.2, 0.25) is 0 Å². The highest BCUT2D eigenvalue weighted by atomic mass is 16.6. The minimum atomic E-state index is -0.651. The molecule has 0 aliphatic heterocycles. The van der Waals surface area contributed by atoms with Crippen LogP contribution in [-0.4, -0.2) is 17.5 Å². The van der Waals surface area contributed by atoms with E-state index in [0.717, 1.165) is 6.08 Å². The molecule has 1 heterocycles. The van der Waals surface area contributed by atoms with Gasteiger partial charge in [0.2, 0.25) is 0 Å². The van der Waals surface area contributed by atoms with Gasteiger partial charge in [-0.3, -0.25) is 10.1 Å². The zero-order chi connectivity index (χ0) is 11.3. The van der Waals surface area contributed by atoms with Gasteiger partial charge in [-0.05, 0) is 19.1 Å². The van der Waals surface area contributed by atoms with Crippen molar-refractivity contribution >= 4 is 17.9 Å². The Morgan fingerprint density at radius 3 is 2.93 bits per heavy atom. The van der Waals surface area contributed by atoms with Crippen LogP contribution < -0.4 is 0 Å². The van der Waals surface area contributed by atoms with E-state index in [1.54, 1.807) is 6.92 Å². The molecule has 0 N–H and O–H groups in total. The van der Waals surface area contributed by atoms with Gasteiger partial charge in [0.1, 0.15) is 10.7 Å². The fourth-order valence-electron chi connectivity index (χ4n) is 0.870. The molecule has 6 heteroatoms. The van der Waals surface area contributed by atoms with Crippen molar-refractivity contribution in [3.8, 4) is 0 Å². The molecule has 0 amide bonds. The largest absolute Gasteiger partial charge is 0.463 e. The van der Waals surface area contributed by atoms with Crippen molar-refractivity contribution in [1.82, 2.24) is 0 Å². The van der Waals surface area contributed by atoms with Gasteiger partial charge in [-0.25, -0.2) is 4.79 Å². The molecule has 15 heavy (non-hydrogen) atoms. The highest BCUT2D eigenvalue weighted by Crippen LogP contribution is 2.16. The van der Waals surface area contributed by atoms with Gasteiger partial charge in [0, 0.05) is 6.08 Å². The monoisotopic (exact) mass is 211 g/mol. The Balaban J connectivity index is 2.64. The molecule has 6 nitrogen and oxygen atoms in total. The Hall–Kier alpha value is -2.11. The fourth-order valence-corrected chi connectivity index (χ4v) is 0.870. The van der Waals surface area contributed by atoms with Crippen LogP contribution in [0.15, 0.2) is 22.6 Å². The average molecular weight is 211 g/mol. The highest BCUT2D eigenvalue weighted by Gasteiger charge is 2.09. The summed E-state index contributed by atoms with van der Waals surface area (Å²) >= 11 is 0. The number of hydrogen-bond donors (Lipinski definition) is 0. The lowest BCUT2D eigenvalue weighted by Crippen LogP contribution is -1.98. The standard InChI is InChI=1S/C9H9NO5/c1-2-14-9(11)6-4-7-3-5-8(15-7)10(12)13/h3-6H,2H2,1H3/b6-4-. The average Bonchev–Trinajstić information content (AvgIpc) is 2.63. The van der Waals surface area contributed by atoms with E-state index < -0.39 is 10.9 Å². The van der Waals surface area contributed by atoms with Crippen LogP contribution in [0.4, 0.5) is 5.88 Å². The summed E-state index contributed by atoms with van der Waals surface area (Å²) in [6, 6.07) is 2.61. The maximum atomic E-state index is 10.9. The van der Waals surface area contributed by atoms with Crippen molar-refractivity contribution in [2.45, 2.75) is 6.92 Å². The lowest BCUT2D eigenvalue weighted by atomic mass is 10.4. The van der Waals surface area contributed by atoms with E-state index in [1.165, 1.54) is 18.2 Å². The first-order valence-electron chi connectivity index (χ1n) is 4.22. The summed E-state index contributed by atoms with van der Waals surface area (Å²) in [6.07, 6.45) is 2.46. The Morgan fingerprint density at radius 1 is 1.67 bits per heavy atom. The third kappa shape index (κ3) is 3.26. The number of furan rings is 1. The minimum Gasteiger partial charge on any atom is -0.463 e. The number of ether oxygens (including phenoxy) is 1. The summed E-state index contributed by atoms with van der Waals surface area (Å²) < 4.78 is 9.40. The number of nitro groups is 1. The van der Waals surface area contributed by atoms with Crippen LogP contribution in [0.5, 0.6) is 0 Å². The summed E-state index contributed by atoms with van der Waals surface area (Å²) in [5.41, 5.74) is 0. The Bertz CT molecular complexity index is 393. The van der Waals surface area contributed by atoms with Crippen LogP contribution in [0.1, 0.15) is 12.7 Å². The molecule has 0 saturated heterocycles. The van der Waals surface area contributed by atoms with E-state index in [2.05, 4.69) is 4.74 Å². The number of nitrogens with zero attached hydrogens (tertiary/aromatic N) is 1. The van der Waals surface area contributed by atoms with Crippen molar-refractivity contribution in [1.29, 1.82) is 0 Å². The molecule has 0 unspecified atom stereocenters. The highest BCUT2D eigenvalue weighted by molar-refractivity contribution is 5.86. The van der Waals surface area contributed by atoms with Gasteiger partial charge >= 0.3 is 11.9 Å². The van der Waals surface area contributed by atoms with Crippen molar-refractivity contribution in [2.75, 3.05) is 6.61 Å². The second kappa shape index (κ2) is 4.94.